The number of nitrogens with one attached hydrogen (secondary N) is 2. The van der Waals surface area contributed by atoms with E-state index in [-0.39, 0.29) is 17.3 Å². The van der Waals surface area contributed by atoms with Gasteiger partial charge in [-0.05, 0) is 24.6 Å². The molecule has 2 amide bonds. The standard InChI is InChI=1S/C16H24N2O4/c1-2-3-4-5-6-7-10-17-16(22)18-12-8-9-14(19)13(11-12)15(20)21/h8-9,11,19H,2-7,10H2,1H3,(H,20,21)(H2,17,18,22). The molecular weight excluding hydrogens is 284 g/mol. The van der Waals surface area contributed by atoms with Crippen LogP contribution >= 0.6 is 0 Å². The van der Waals surface area contributed by atoms with Crippen molar-refractivity contribution in [3.05, 3.63) is 23.8 Å². The number of unbranched alkanes of at least 4 members (excludes halogenated alkanes) is 5. The molecule has 122 valence electrons. The largest absolute Gasteiger partial charge is 0.507 e. The molecule has 0 aliphatic carbocycles. The van der Waals surface area contributed by atoms with Crippen LogP contribution in [-0.4, -0.2) is 28.8 Å². The van der Waals surface area contributed by atoms with E-state index in [1.807, 2.05) is 0 Å². The van der Waals surface area contributed by atoms with Gasteiger partial charge in [0.2, 0.25) is 0 Å². The first-order chi connectivity index (χ1) is 10.5. The van der Waals surface area contributed by atoms with Crippen molar-refractivity contribution in [2.24, 2.45) is 0 Å². The number of aromatic carboxylic acids is 1. The SMILES string of the molecule is CCCCCCCCNC(=O)Nc1ccc(O)c(C(=O)O)c1. The molecule has 0 spiro atoms. The number of carboxylic acid groups (broad SMARTS) is 1. The lowest BCUT2D eigenvalue weighted by Gasteiger charge is -2.09. The third-order valence-corrected chi connectivity index (χ3v) is 3.30. The summed E-state index contributed by atoms with van der Waals surface area (Å²) >= 11 is 0. The average molecular weight is 308 g/mol. The van der Waals surface area contributed by atoms with Gasteiger partial charge in [-0.25, -0.2) is 9.59 Å². The molecule has 0 atom stereocenters. The van der Waals surface area contributed by atoms with E-state index in [4.69, 9.17) is 5.11 Å². The minimum Gasteiger partial charge on any atom is -0.507 e. The molecule has 22 heavy (non-hydrogen) atoms. The molecule has 4 N–H and O–H groups in total. The fourth-order valence-corrected chi connectivity index (χ4v) is 2.07. The number of carboxylic acids is 1. The van der Waals surface area contributed by atoms with E-state index in [9.17, 15) is 14.7 Å². The number of rotatable bonds is 9. The average Bonchev–Trinajstić information content (AvgIpc) is 2.48. The van der Waals surface area contributed by atoms with Gasteiger partial charge in [-0.15, -0.1) is 0 Å². The van der Waals surface area contributed by atoms with Crippen LogP contribution in [0.25, 0.3) is 0 Å². The molecule has 6 nitrogen and oxygen atoms in total. The van der Waals surface area contributed by atoms with Crippen LogP contribution in [0, 0.1) is 0 Å². The van der Waals surface area contributed by atoms with Crippen LogP contribution in [0.3, 0.4) is 0 Å². The highest BCUT2D eigenvalue weighted by Gasteiger charge is 2.11. The molecule has 0 saturated heterocycles. The second kappa shape index (κ2) is 9.65. The number of benzene rings is 1. The van der Waals surface area contributed by atoms with E-state index < -0.39 is 5.97 Å². The summed E-state index contributed by atoms with van der Waals surface area (Å²) in [6.45, 7) is 2.76. The number of aromatic hydroxyl groups is 1. The zero-order valence-electron chi connectivity index (χ0n) is 12.9. The van der Waals surface area contributed by atoms with Crippen molar-refractivity contribution in [1.29, 1.82) is 0 Å². The fraction of sp³-hybridized carbons (Fsp3) is 0.500. The Balaban J connectivity index is 2.30. The van der Waals surface area contributed by atoms with Crippen molar-refractivity contribution < 1.29 is 19.8 Å². The number of carbonyl (C=O) groups excluding carboxylic acids is 1. The maximum atomic E-state index is 11.7. The Labute approximate surface area is 130 Å². The summed E-state index contributed by atoms with van der Waals surface area (Å²) in [5.41, 5.74) is 0.0874. The first-order valence-electron chi connectivity index (χ1n) is 7.65. The Bertz CT molecular complexity index is 503. The normalized spacial score (nSPS) is 10.2. The van der Waals surface area contributed by atoms with Gasteiger partial charge in [-0.2, -0.15) is 0 Å². The Morgan fingerprint density at radius 1 is 1.09 bits per heavy atom. The molecule has 0 aliphatic rings. The molecular formula is C16H24N2O4. The van der Waals surface area contributed by atoms with Crippen LogP contribution in [0.15, 0.2) is 18.2 Å². The Hall–Kier alpha value is -2.24. The topological polar surface area (TPSA) is 98.7 Å². The monoisotopic (exact) mass is 308 g/mol. The molecule has 0 aliphatic heterocycles. The summed E-state index contributed by atoms with van der Waals surface area (Å²) in [6.07, 6.45) is 6.88. The van der Waals surface area contributed by atoms with Gasteiger partial charge in [0.05, 0.1) is 0 Å². The van der Waals surface area contributed by atoms with Crippen molar-refractivity contribution in [3.8, 4) is 5.75 Å². The highest BCUT2D eigenvalue weighted by Crippen LogP contribution is 2.21. The number of carbonyl (C=O) groups is 2. The predicted molar refractivity (Wildman–Crippen MR) is 85.5 cm³/mol. The van der Waals surface area contributed by atoms with E-state index in [0.29, 0.717) is 12.2 Å². The van der Waals surface area contributed by atoms with Gasteiger partial charge in [-0.3, -0.25) is 0 Å². The lowest BCUT2D eigenvalue weighted by molar-refractivity contribution is 0.0693. The van der Waals surface area contributed by atoms with Crippen LogP contribution in [-0.2, 0) is 0 Å². The van der Waals surface area contributed by atoms with E-state index >= 15 is 0 Å². The van der Waals surface area contributed by atoms with Crippen LogP contribution < -0.4 is 10.6 Å². The Kier molecular flexibility index (Phi) is 7.81. The van der Waals surface area contributed by atoms with Gasteiger partial charge in [0.1, 0.15) is 11.3 Å². The molecule has 0 fully saturated rings. The summed E-state index contributed by atoms with van der Waals surface area (Å²) in [7, 11) is 0. The lowest BCUT2D eigenvalue weighted by Crippen LogP contribution is -2.29. The molecule has 0 unspecified atom stereocenters. The van der Waals surface area contributed by atoms with E-state index in [1.54, 1.807) is 0 Å². The minimum absolute atomic E-state index is 0.242. The van der Waals surface area contributed by atoms with Crippen molar-refractivity contribution in [1.82, 2.24) is 5.32 Å². The smallest absolute Gasteiger partial charge is 0.339 e. The molecule has 0 aromatic heterocycles. The molecule has 0 heterocycles. The van der Waals surface area contributed by atoms with Gasteiger partial charge in [-0.1, -0.05) is 39.0 Å². The van der Waals surface area contributed by atoms with Crippen molar-refractivity contribution >= 4 is 17.7 Å². The Morgan fingerprint density at radius 3 is 2.45 bits per heavy atom. The zero-order valence-corrected chi connectivity index (χ0v) is 12.9. The van der Waals surface area contributed by atoms with Crippen molar-refractivity contribution in [2.75, 3.05) is 11.9 Å². The predicted octanol–water partition coefficient (Wildman–Crippen LogP) is 3.57. The molecule has 6 heteroatoms. The van der Waals surface area contributed by atoms with E-state index in [0.717, 1.165) is 12.8 Å². The van der Waals surface area contributed by atoms with Gasteiger partial charge < -0.3 is 20.8 Å². The third-order valence-electron chi connectivity index (χ3n) is 3.30. The molecule has 1 aromatic carbocycles. The summed E-state index contributed by atoms with van der Waals surface area (Å²) in [5, 5.41) is 23.6. The number of amides is 2. The second-order valence-electron chi connectivity index (χ2n) is 5.19. The van der Waals surface area contributed by atoms with Gasteiger partial charge in [0.15, 0.2) is 0 Å². The van der Waals surface area contributed by atoms with Gasteiger partial charge in [0.25, 0.3) is 0 Å². The summed E-state index contributed by atoms with van der Waals surface area (Å²) in [4.78, 5) is 22.6. The zero-order chi connectivity index (χ0) is 16.4. The number of hydrogen-bond acceptors (Lipinski definition) is 3. The molecule has 0 radical (unpaired) electrons. The Morgan fingerprint density at radius 2 is 1.77 bits per heavy atom. The first-order valence-corrected chi connectivity index (χ1v) is 7.65. The highest BCUT2D eigenvalue weighted by atomic mass is 16.4. The van der Waals surface area contributed by atoms with Crippen molar-refractivity contribution in [2.45, 2.75) is 45.4 Å². The highest BCUT2D eigenvalue weighted by molar-refractivity contribution is 5.95. The fourth-order valence-electron chi connectivity index (χ4n) is 2.07. The summed E-state index contributed by atoms with van der Waals surface area (Å²) < 4.78 is 0. The number of anilines is 1. The number of phenols is 1. The van der Waals surface area contributed by atoms with Gasteiger partial charge >= 0.3 is 12.0 Å². The van der Waals surface area contributed by atoms with Crippen LogP contribution in [0.2, 0.25) is 0 Å². The number of hydrogen-bond donors (Lipinski definition) is 4. The first kappa shape index (κ1) is 17.8. The lowest BCUT2D eigenvalue weighted by atomic mass is 10.1. The molecule has 1 aromatic rings. The summed E-state index contributed by atoms with van der Waals surface area (Å²) in [6, 6.07) is 3.54. The summed E-state index contributed by atoms with van der Waals surface area (Å²) in [5.74, 6) is -1.57. The van der Waals surface area contributed by atoms with E-state index in [1.165, 1.54) is 43.9 Å². The third kappa shape index (κ3) is 6.47. The van der Waals surface area contributed by atoms with Crippen LogP contribution in [0.1, 0.15) is 55.8 Å². The molecule has 0 bridgehead atoms. The second-order valence-corrected chi connectivity index (χ2v) is 5.19. The quantitative estimate of drug-likeness (QED) is 0.414. The molecule has 0 saturated carbocycles. The van der Waals surface area contributed by atoms with Crippen molar-refractivity contribution in [3.63, 3.8) is 0 Å². The van der Waals surface area contributed by atoms with Gasteiger partial charge in [0, 0.05) is 12.2 Å². The van der Waals surface area contributed by atoms with E-state index in [2.05, 4.69) is 17.6 Å². The molecule has 1 rings (SSSR count). The maximum Gasteiger partial charge on any atom is 0.339 e. The van der Waals surface area contributed by atoms with Crippen LogP contribution in [0.4, 0.5) is 10.5 Å². The number of urea groups is 1. The van der Waals surface area contributed by atoms with Crippen LogP contribution in [0.5, 0.6) is 5.75 Å². The minimum atomic E-state index is -1.24. The maximum absolute atomic E-state index is 11.7.